The van der Waals surface area contributed by atoms with E-state index in [1.807, 2.05) is 6.07 Å². The van der Waals surface area contributed by atoms with Crippen molar-refractivity contribution in [1.82, 2.24) is 19.6 Å². The zero-order chi connectivity index (χ0) is 39.9. The summed E-state index contributed by atoms with van der Waals surface area (Å²) in [6, 6.07) is 12.2. The Morgan fingerprint density at radius 2 is 1.86 bits per heavy atom. The summed E-state index contributed by atoms with van der Waals surface area (Å²) in [4.78, 5) is 36.9. The molecule has 3 aliphatic rings. The minimum absolute atomic E-state index is 0.0340. The van der Waals surface area contributed by atoms with E-state index in [0.717, 1.165) is 87.5 Å². The van der Waals surface area contributed by atoms with E-state index in [-0.39, 0.29) is 22.9 Å². The Kier molecular flexibility index (Phi) is 12.8. The summed E-state index contributed by atoms with van der Waals surface area (Å²) in [6.07, 6.45) is 10.2. The highest BCUT2D eigenvalue weighted by Crippen LogP contribution is 2.35. The predicted octanol–water partition coefficient (Wildman–Crippen LogP) is 7.40. The Morgan fingerprint density at radius 3 is 2.63 bits per heavy atom. The van der Waals surface area contributed by atoms with Crippen molar-refractivity contribution < 1.29 is 27.6 Å². The van der Waals surface area contributed by atoms with Gasteiger partial charge in [0.15, 0.2) is 0 Å². The Hall–Kier alpha value is -4.96. The smallest absolute Gasteiger partial charge is 0.293 e. The van der Waals surface area contributed by atoms with E-state index in [0.29, 0.717) is 37.0 Å². The van der Waals surface area contributed by atoms with Crippen LogP contribution in [0.4, 0.5) is 17.1 Å². The summed E-state index contributed by atoms with van der Waals surface area (Å²) < 4.78 is 41.0. The predicted molar refractivity (Wildman–Crippen MR) is 221 cm³/mol. The highest BCUT2D eigenvalue weighted by molar-refractivity contribution is 7.90. The lowest BCUT2D eigenvalue weighted by molar-refractivity contribution is -0.384. The number of amides is 1. The van der Waals surface area contributed by atoms with Crippen LogP contribution in [0.25, 0.3) is 11.0 Å². The number of aromatic nitrogens is 2. The number of hydrogen-bond donors (Lipinski definition) is 3. The second-order valence-electron chi connectivity index (χ2n) is 14.8. The topological polar surface area (TPSA) is 172 Å². The number of anilines is 2. The molecular weight excluding hydrogens is 770 g/mol. The van der Waals surface area contributed by atoms with Gasteiger partial charge in [0.05, 0.1) is 21.6 Å². The van der Waals surface area contributed by atoms with Gasteiger partial charge in [-0.25, -0.2) is 18.1 Å². The summed E-state index contributed by atoms with van der Waals surface area (Å²) in [5.74, 6) is 0.385. The Labute approximate surface area is 337 Å². The fourth-order valence-corrected chi connectivity index (χ4v) is 8.98. The van der Waals surface area contributed by atoms with Gasteiger partial charge in [-0.1, -0.05) is 17.7 Å². The summed E-state index contributed by atoms with van der Waals surface area (Å²) in [5.41, 5.74) is 5.24. The van der Waals surface area contributed by atoms with E-state index < -0.39 is 31.4 Å². The van der Waals surface area contributed by atoms with E-state index in [9.17, 15) is 23.3 Å². The van der Waals surface area contributed by atoms with E-state index in [1.54, 1.807) is 24.4 Å². The lowest BCUT2D eigenvalue weighted by Crippen LogP contribution is -2.47. The molecule has 0 spiro atoms. The SMILES string of the molecule is C=C(CCCl)C1=C(CN2CCN(c3ccc(C(=O)NS(=O)(=O)c4ccc(NCC5CCOCC5)c([N+](=O)[O-])c4)c(Oc4cnc5[nH]ccc5c4)c3)CC2)CCCC1. The van der Waals surface area contributed by atoms with Gasteiger partial charge in [-0.15, -0.1) is 11.6 Å². The van der Waals surface area contributed by atoms with Gasteiger partial charge in [0.2, 0.25) is 0 Å². The normalized spacial score (nSPS) is 17.1. The minimum atomic E-state index is -4.54. The van der Waals surface area contributed by atoms with Crippen molar-refractivity contribution in [3.05, 3.63) is 99.9 Å². The number of rotatable bonds is 15. The Balaban J connectivity index is 1.09. The van der Waals surface area contributed by atoms with Gasteiger partial charge >= 0.3 is 0 Å². The number of nitro benzene ring substituents is 1. The monoisotopic (exact) mass is 817 g/mol. The number of carbonyl (C=O) groups is 1. The average molecular weight is 818 g/mol. The molecule has 302 valence electrons. The summed E-state index contributed by atoms with van der Waals surface area (Å²) >= 11 is 6.05. The van der Waals surface area contributed by atoms with Gasteiger partial charge in [-0.05, 0) is 92.8 Å². The quantitative estimate of drug-likeness (QED) is 0.0620. The first kappa shape index (κ1) is 40.2. The van der Waals surface area contributed by atoms with Crippen LogP contribution in [0.3, 0.4) is 0 Å². The van der Waals surface area contributed by atoms with Crippen LogP contribution in [-0.2, 0) is 14.8 Å². The zero-order valence-electron chi connectivity index (χ0n) is 31.8. The molecule has 0 bridgehead atoms. The molecule has 4 heterocycles. The number of hydrogen-bond acceptors (Lipinski definition) is 11. The number of piperazine rings is 1. The van der Waals surface area contributed by atoms with Crippen molar-refractivity contribution in [3.63, 3.8) is 0 Å². The Bertz CT molecular complexity index is 2260. The zero-order valence-corrected chi connectivity index (χ0v) is 33.4. The fraction of sp³-hybridized carbons (Fsp3) is 0.415. The van der Waals surface area contributed by atoms with Crippen molar-refractivity contribution >= 4 is 55.6 Å². The van der Waals surface area contributed by atoms with E-state index >= 15 is 0 Å². The van der Waals surface area contributed by atoms with Gasteiger partial charge < -0.3 is 24.7 Å². The molecular formula is C41H48ClN7O7S. The second kappa shape index (κ2) is 18.1. The molecule has 57 heavy (non-hydrogen) atoms. The molecule has 0 saturated carbocycles. The Morgan fingerprint density at radius 1 is 1.07 bits per heavy atom. The first-order valence-electron chi connectivity index (χ1n) is 19.4. The molecule has 2 aromatic carbocycles. The van der Waals surface area contributed by atoms with Gasteiger partial charge in [0, 0.05) is 87.8 Å². The number of nitrogens with zero attached hydrogens (tertiary/aromatic N) is 4. The number of fused-ring (bicyclic) bond motifs is 1. The molecule has 2 aromatic heterocycles. The number of benzene rings is 2. The summed E-state index contributed by atoms with van der Waals surface area (Å²) in [7, 11) is -4.54. The number of halogens is 1. The third kappa shape index (κ3) is 9.78. The van der Waals surface area contributed by atoms with Crippen LogP contribution in [0, 0.1) is 16.0 Å². The van der Waals surface area contributed by atoms with Crippen LogP contribution in [-0.4, -0.2) is 92.5 Å². The molecule has 0 radical (unpaired) electrons. The van der Waals surface area contributed by atoms with Crippen LogP contribution in [0.15, 0.2) is 89.1 Å². The number of aromatic amines is 1. The van der Waals surface area contributed by atoms with E-state index in [1.165, 1.54) is 48.4 Å². The molecule has 4 aromatic rings. The highest BCUT2D eigenvalue weighted by atomic mass is 35.5. The van der Waals surface area contributed by atoms with Crippen LogP contribution >= 0.6 is 11.6 Å². The van der Waals surface area contributed by atoms with Gasteiger partial charge in [-0.2, -0.15) is 0 Å². The van der Waals surface area contributed by atoms with Crippen LogP contribution in [0.2, 0.25) is 0 Å². The molecule has 0 unspecified atom stereocenters. The van der Waals surface area contributed by atoms with Crippen molar-refractivity contribution in [2.24, 2.45) is 5.92 Å². The second-order valence-corrected chi connectivity index (χ2v) is 16.8. The average Bonchev–Trinajstić information content (AvgIpc) is 3.69. The minimum Gasteiger partial charge on any atom is -0.455 e. The molecule has 3 N–H and O–H groups in total. The number of carbonyl (C=O) groups excluding carboxylic acids is 1. The number of H-pyrrole nitrogens is 1. The lowest BCUT2D eigenvalue weighted by Gasteiger charge is -2.37. The third-order valence-corrected chi connectivity index (χ3v) is 12.5. The molecule has 2 saturated heterocycles. The largest absolute Gasteiger partial charge is 0.455 e. The molecule has 1 aliphatic carbocycles. The number of sulfonamides is 1. The molecule has 7 rings (SSSR count). The van der Waals surface area contributed by atoms with E-state index in [2.05, 4.69) is 36.4 Å². The van der Waals surface area contributed by atoms with Crippen molar-refractivity contribution in [1.29, 1.82) is 0 Å². The van der Waals surface area contributed by atoms with Crippen molar-refractivity contribution in [2.75, 3.05) is 68.6 Å². The standard InChI is InChI=1S/C41H48ClN7O7S/c1-28(10-14-42)35-5-3-2-4-31(35)27-47-16-18-48(19-17-47)32-6-8-36(39(23-32)56-33-22-30-11-15-43-40(30)45-26-33)41(50)46-57(53,54)34-7-9-37(38(24-34)49(51)52)44-25-29-12-20-55-21-13-29/h6-9,11,15,22-24,26,29,44H,1-5,10,12-14,16-21,25,27H2,(H,43,45)(H,46,50). The molecule has 2 aliphatic heterocycles. The van der Waals surface area contributed by atoms with Gasteiger partial charge in [0.25, 0.3) is 21.6 Å². The molecule has 16 heteroatoms. The fourth-order valence-electron chi connectivity index (χ4n) is 7.77. The molecule has 2 fully saturated rings. The van der Waals surface area contributed by atoms with Gasteiger partial charge in [-0.3, -0.25) is 19.8 Å². The van der Waals surface area contributed by atoms with Gasteiger partial charge in [0.1, 0.15) is 22.8 Å². The van der Waals surface area contributed by atoms with Crippen molar-refractivity contribution in [2.45, 2.75) is 49.8 Å². The number of pyridine rings is 1. The highest BCUT2D eigenvalue weighted by Gasteiger charge is 2.28. The number of allylic oxidation sites excluding steroid dienone is 2. The van der Waals surface area contributed by atoms with Crippen LogP contribution in [0.5, 0.6) is 11.5 Å². The maximum atomic E-state index is 13.8. The summed E-state index contributed by atoms with van der Waals surface area (Å²) in [5, 5.41) is 15.9. The first-order valence-corrected chi connectivity index (χ1v) is 21.4. The number of alkyl halides is 1. The maximum absolute atomic E-state index is 13.8. The van der Waals surface area contributed by atoms with Crippen LogP contribution in [0.1, 0.15) is 55.3 Å². The number of nitro groups is 1. The summed E-state index contributed by atoms with van der Waals surface area (Å²) in [6.45, 7) is 10.1. The lowest BCUT2D eigenvalue weighted by atomic mass is 9.86. The van der Waals surface area contributed by atoms with E-state index in [4.69, 9.17) is 21.1 Å². The maximum Gasteiger partial charge on any atom is 0.293 e. The molecule has 14 nitrogen and oxygen atoms in total. The van der Waals surface area contributed by atoms with Crippen molar-refractivity contribution in [3.8, 4) is 11.5 Å². The molecule has 0 atom stereocenters. The molecule has 1 amide bonds. The number of nitrogens with one attached hydrogen (secondary N) is 3. The van der Waals surface area contributed by atoms with Crippen LogP contribution < -0.4 is 19.7 Å². The third-order valence-electron chi connectivity index (χ3n) is 11.0. The first-order chi connectivity index (χ1) is 27.6. The number of ether oxygens (including phenoxy) is 2.